The largest absolute Gasteiger partial charge is 0.463 e. The third-order valence-corrected chi connectivity index (χ3v) is 2.54. The van der Waals surface area contributed by atoms with E-state index in [9.17, 15) is 9.59 Å². The molecule has 18 heavy (non-hydrogen) atoms. The molecular formula is C13H22O5. The molecule has 5 heteroatoms. The predicted octanol–water partition coefficient (Wildman–Crippen LogP) is 1.71. The van der Waals surface area contributed by atoms with Gasteiger partial charge in [0.05, 0.1) is 18.6 Å². The molecule has 0 aromatic heterocycles. The van der Waals surface area contributed by atoms with Gasteiger partial charge in [-0.25, -0.2) is 4.79 Å². The Bertz CT molecular complexity index is 283. The van der Waals surface area contributed by atoms with E-state index in [4.69, 9.17) is 14.2 Å². The van der Waals surface area contributed by atoms with Crippen molar-refractivity contribution in [2.75, 3.05) is 26.4 Å². The highest BCUT2D eigenvalue weighted by atomic mass is 16.6. The van der Waals surface area contributed by atoms with Crippen LogP contribution >= 0.6 is 0 Å². The molecule has 5 nitrogen and oxygen atoms in total. The summed E-state index contributed by atoms with van der Waals surface area (Å²) in [4.78, 5) is 22.2. The third kappa shape index (κ3) is 7.06. The lowest BCUT2D eigenvalue weighted by Gasteiger charge is -2.20. The summed E-state index contributed by atoms with van der Waals surface area (Å²) in [5, 5.41) is 0. The van der Waals surface area contributed by atoms with Gasteiger partial charge in [-0.05, 0) is 20.3 Å². The van der Waals surface area contributed by atoms with Crippen LogP contribution in [0.5, 0.6) is 0 Å². The Labute approximate surface area is 108 Å². The maximum absolute atomic E-state index is 11.6. The Kier molecular flexibility index (Phi) is 8.03. The van der Waals surface area contributed by atoms with Crippen molar-refractivity contribution in [3.63, 3.8) is 0 Å². The summed E-state index contributed by atoms with van der Waals surface area (Å²) in [6, 6.07) is 0. The molecule has 0 aliphatic rings. The van der Waals surface area contributed by atoms with Crippen LogP contribution in [0.4, 0.5) is 0 Å². The molecule has 0 heterocycles. The van der Waals surface area contributed by atoms with E-state index in [-0.39, 0.29) is 32.4 Å². The van der Waals surface area contributed by atoms with E-state index >= 15 is 0 Å². The molecule has 0 aliphatic heterocycles. The fourth-order valence-electron chi connectivity index (χ4n) is 0.895. The lowest BCUT2D eigenvalue weighted by molar-refractivity contribution is -0.155. The Hall–Kier alpha value is -1.36. The zero-order valence-electron chi connectivity index (χ0n) is 11.4. The second-order valence-corrected chi connectivity index (χ2v) is 4.36. The molecule has 0 aromatic carbocycles. The minimum Gasteiger partial charge on any atom is -0.463 e. The normalized spacial score (nSPS) is 10.8. The van der Waals surface area contributed by atoms with Crippen molar-refractivity contribution in [1.82, 2.24) is 0 Å². The van der Waals surface area contributed by atoms with Gasteiger partial charge in [0.1, 0.15) is 13.2 Å². The SMILES string of the molecule is C=CC(=O)OCCOCCOC(=O)C(C)(C)CC. The Morgan fingerprint density at radius 1 is 1.11 bits per heavy atom. The van der Waals surface area contributed by atoms with Crippen molar-refractivity contribution < 1.29 is 23.8 Å². The molecule has 0 aliphatic carbocycles. The Balaban J connectivity index is 3.49. The van der Waals surface area contributed by atoms with E-state index in [1.54, 1.807) is 0 Å². The predicted molar refractivity (Wildman–Crippen MR) is 67.0 cm³/mol. The van der Waals surface area contributed by atoms with Gasteiger partial charge in [-0.3, -0.25) is 4.79 Å². The molecule has 0 saturated carbocycles. The van der Waals surface area contributed by atoms with Crippen LogP contribution in [0, 0.1) is 5.41 Å². The van der Waals surface area contributed by atoms with Gasteiger partial charge in [0, 0.05) is 6.08 Å². The zero-order chi connectivity index (χ0) is 14.0. The van der Waals surface area contributed by atoms with E-state index in [1.165, 1.54) is 0 Å². The molecular weight excluding hydrogens is 236 g/mol. The molecule has 0 bridgehead atoms. The molecule has 0 unspecified atom stereocenters. The van der Waals surface area contributed by atoms with Gasteiger partial charge in [-0.1, -0.05) is 13.5 Å². The van der Waals surface area contributed by atoms with Gasteiger partial charge in [-0.2, -0.15) is 0 Å². The number of esters is 2. The maximum atomic E-state index is 11.6. The molecule has 0 amide bonds. The summed E-state index contributed by atoms with van der Waals surface area (Å²) in [6.07, 6.45) is 1.82. The van der Waals surface area contributed by atoms with Crippen LogP contribution in [0.15, 0.2) is 12.7 Å². The van der Waals surface area contributed by atoms with Crippen LogP contribution in [-0.2, 0) is 23.8 Å². The molecule has 0 radical (unpaired) electrons. The van der Waals surface area contributed by atoms with Crippen molar-refractivity contribution in [3.8, 4) is 0 Å². The summed E-state index contributed by atoms with van der Waals surface area (Å²) < 4.78 is 14.9. The molecule has 0 fully saturated rings. The van der Waals surface area contributed by atoms with E-state index in [1.807, 2.05) is 20.8 Å². The number of ether oxygens (including phenoxy) is 3. The highest BCUT2D eigenvalue weighted by Gasteiger charge is 2.26. The fourth-order valence-corrected chi connectivity index (χ4v) is 0.895. The quantitative estimate of drug-likeness (QED) is 0.358. The molecule has 0 aromatic rings. The van der Waals surface area contributed by atoms with E-state index < -0.39 is 11.4 Å². The number of hydrogen-bond donors (Lipinski definition) is 0. The lowest BCUT2D eigenvalue weighted by atomic mass is 9.91. The van der Waals surface area contributed by atoms with Crippen LogP contribution in [0.1, 0.15) is 27.2 Å². The Morgan fingerprint density at radius 3 is 2.17 bits per heavy atom. The first-order valence-corrected chi connectivity index (χ1v) is 5.98. The average molecular weight is 258 g/mol. The third-order valence-electron chi connectivity index (χ3n) is 2.54. The Morgan fingerprint density at radius 2 is 1.67 bits per heavy atom. The highest BCUT2D eigenvalue weighted by molar-refractivity contribution is 5.81. The van der Waals surface area contributed by atoms with Crippen LogP contribution in [-0.4, -0.2) is 38.4 Å². The number of carbonyl (C=O) groups is 2. The van der Waals surface area contributed by atoms with Crippen molar-refractivity contribution in [3.05, 3.63) is 12.7 Å². The number of carbonyl (C=O) groups excluding carboxylic acids is 2. The van der Waals surface area contributed by atoms with Gasteiger partial charge in [0.2, 0.25) is 0 Å². The summed E-state index contributed by atoms with van der Waals surface area (Å²) in [6.45, 7) is 9.81. The zero-order valence-corrected chi connectivity index (χ0v) is 11.4. The fraction of sp³-hybridized carbons (Fsp3) is 0.692. The summed E-state index contributed by atoms with van der Waals surface area (Å²) >= 11 is 0. The van der Waals surface area contributed by atoms with Gasteiger partial charge in [0.15, 0.2) is 0 Å². The molecule has 104 valence electrons. The second-order valence-electron chi connectivity index (χ2n) is 4.36. The molecule has 0 rings (SSSR count). The van der Waals surface area contributed by atoms with Crippen molar-refractivity contribution in [2.24, 2.45) is 5.41 Å². The molecule has 0 atom stereocenters. The first-order chi connectivity index (χ1) is 8.44. The van der Waals surface area contributed by atoms with Crippen LogP contribution in [0.25, 0.3) is 0 Å². The highest BCUT2D eigenvalue weighted by Crippen LogP contribution is 2.21. The molecule has 0 spiro atoms. The van der Waals surface area contributed by atoms with Crippen molar-refractivity contribution >= 4 is 11.9 Å². The lowest BCUT2D eigenvalue weighted by Crippen LogP contribution is -2.27. The molecule has 0 saturated heterocycles. The van der Waals surface area contributed by atoms with Gasteiger partial charge < -0.3 is 14.2 Å². The van der Waals surface area contributed by atoms with E-state index in [0.29, 0.717) is 0 Å². The summed E-state index contributed by atoms with van der Waals surface area (Å²) in [7, 11) is 0. The van der Waals surface area contributed by atoms with Gasteiger partial charge in [0.25, 0.3) is 0 Å². The first kappa shape index (κ1) is 16.6. The standard InChI is InChI=1S/C13H22O5/c1-5-11(14)17-9-7-16-8-10-18-12(15)13(3,4)6-2/h5H,1,6-10H2,2-4H3. The van der Waals surface area contributed by atoms with Gasteiger partial charge >= 0.3 is 11.9 Å². The smallest absolute Gasteiger partial charge is 0.330 e. The van der Waals surface area contributed by atoms with Crippen LogP contribution < -0.4 is 0 Å². The topological polar surface area (TPSA) is 61.8 Å². The van der Waals surface area contributed by atoms with E-state index in [0.717, 1.165) is 12.5 Å². The average Bonchev–Trinajstić information content (AvgIpc) is 2.36. The minimum atomic E-state index is -0.477. The summed E-state index contributed by atoms with van der Waals surface area (Å²) in [5.41, 5.74) is -0.459. The number of hydrogen-bond acceptors (Lipinski definition) is 5. The monoisotopic (exact) mass is 258 g/mol. The molecule has 0 N–H and O–H groups in total. The van der Waals surface area contributed by atoms with Crippen LogP contribution in [0.2, 0.25) is 0 Å². The maximum Gasteiger partial charge on any atom is 0.330 e. The number of rotatable bonds is 9. The second kappa shape index (κ2) is 8.69. The van der Waals surface area contributed by atoms with Crippen molar-refractivity contribution in [2.45, 2.75) is 27.2 Å². The van der Waals surface area contributed by atoms with E-state index in [2.05, 4.69) is 6.58 Å². The van der Waals surface area contributed by atoms with Crippen LogP contribution in [0.3, 0.4) is 0 Å². The first-order valence-electron chi connectivity index (χ1n) is 5.98. The summed E-state index contributed by atoms with van der Waals surface area (Å²) in [5.74, 6) is -0.707. The van der Waals surface area contributed by atoms with Crippen molar-refractivity contribution in [1.29, 1.82) is 0 Å². The van der Waals surface area contributed by atoms with Gasteiger partial charge in [-0.15, -0.1) is 0 Å². The minimum absolute atomic E-state index is 0.166.